The van der Waals surface area contributed by atoms with Crippen molar-refractivity contribution in [3.8, 4) is 0 Å². The summed E-state index contributed by atoms with van der Waals surface area (Å²) < 4.78 is 24.2. The molecule has 0 amide bonds. The predicted octanol–water partition coefficient (Wildman–Crippen LogP) is 0.706. The van der Waals surface area contributed by atoms with Gasteiger partial charge < -0.3 is 0 Å². The molecule has 0 bridgehead atoms. The predicted molar refractivity (Wildman–Crippen MR) is 62.5 cm³/mol. The fourth-order valence-electron chi connectivity index (χ4n) is 1.65. The normalized spacial score (nSPS) is 22.0. The molecule has 1 heterocycles. The molecule has 1 aliphatic heterocycles. The summed E-state index contributed by atoms with van der Waals surface area (Å²) in [5, 5.41) is 0. The maximum Gasteiger partial charge on any atom is 0.211 e. The van der Waals surface area contributed by atoms with E-state index in [0.29, 0.717) is 13.1 Å². The van der Waals surface area contributed by atoms with Crippen LogP contribution in [-0.2, 0) is 10.0 Å². The molecule has 1 rings (SSSR count). The van der Waals surface area contributed by atoms with Crippen molar-refractivity contribution in [1.82, 2.24) is 9.21 Å². The van der Waals surface area contributed by atoms with E-state index >= 15 is 0 Å². The minimum absolute atomic E-state index is 0.578. The van der Waals surface area contributed by atoms with E-state index in [0.717, 1.165) is 26.1 Å². The third-order valence-electron chi connectivity index (χ3n) is 2.47. The summed E-state index contributed by atoms with van der Waals surface area (Å²) in [6.07, 6.45) is 4.02. The van der Waals surface area contributed by atoms with Crippen molar-refractivity contribution in [1.29, 1.82) is 0 Å². The first-order valence-electron chi connectivity index (χ1n) is 4.97. The summed E-state index contributed by atoms with van der Waals surface area (Å²) in [5.41, 5.74) is 1.50. The Morgan fingerprint density at radius 3 is 2.60 bits per heavy atom. The van der Waals surface area contributed by atoms with E-state index in [2.05, 4.69) is 4.90 Å². The average molecular weight is 253 g/mol. The molecule has 0 aromatic heterocycles. The lowest BCUT2D eigenvalue weighted by Crippen LogP contribution is -2.34. The molecule has 1 saturated heterocycles. The van der Waals surface area contributed by atoms with Crippen molar-refractivity contribution in [2.45, 2.75) is 6.42 Å². The van der Waals surface area contributed by atoms with Gasteiger partial charge in [0.05, 0.1) is 6.26 Å². The maximum atomic E-state index is 11.3. The molecule has 0 aliphatic carbocycles. The third-order valence-corrected chi connectivity index (χ3v) is 3.95. The summed E-state index contributed by atoms with van der Waals surface area (Å²) >= 11 is 5.45. The molecule has 15 heavy (non-hydrogen) atoms. The summed E-state index contributed by atoms with van der Waals surface area (Å²) in [5.74, 6) is 0. The van der Waals surface area contributed by atoms with Crippen LogP contribution < -0.4 is 0 Å². The van der Waals surface area contributed by atoms with Gasteiger partial charge in [0, 0.05) is 31.7 Å². The van der Waals surface area contributed by atoms with Crippen LogP contribution in [0.4, 0.5) is 0 Å². The van der Waals surface area contributed by atoms with Crippen LogP contribution in [0.15, 0.2) is 11.6 Å². The molecule has 0 atom stereocenters. The average Bonchev–Trinajstić information content (AvgIpc) is 2.38. The van der Waals surface area contributed by atoms with Gasteiger partial charge in [-0.15, -0.1) is 0 Å². The van der Waals surface area contributed by atoms with Crippen LogP contribution in [0.5, 0.6) is 0 Å². The lowest BCUT2D eigenvalue weighted by molar-refractivity contribution is 0.316. The van der Waals surface area contributed by atoms with E-state index < -0.39 is 10.0 Å². The Morgan fingerprint density at radius 1 is 1.27 bits per heavy atom. The number of nitrogens with zero attached hydrogens (tertiary/aromatic N) is 2. The quantitative estimate of drug-likeness (QED) is 0.743. The Kier molecular flexibility index (Phi) is 5.05. The molecule has 88 valence electrons. The van der Waals surface area contributed by atoms with Gasteiger partial charge in [0.15, 0.2) is 0 Å². The maximum absolute atomic E-state index is 11.3. The van der Waals surface area contributed by atoms with E-state index in [1.54, 1.807) is 0 Å². The number of sulfonamides is 1. The molecule has 0 spiro atoms. The van der Waals surface area contributed by atoms with Gasteiger partial charge in [-0.05, 0) is 13.0 Å². The summed E-state index contributed by atoms with van der Waals surface area (Å²) in [4.78, 5) is 2.20. The number of hydrogen-bond donors (Lipinski definition) is 0. The Labute approximate surface area is 96.5 Å². The molecule has 0 aromatic carbocycles. The first kappa shape index (κ1) is 13.0. The van der Waals surface area contributed by atoms with Gasteiger partial charge in [0.25, 0.3) is 0 Å². The van der Waals surface area contributed by atoms with Gasteiger partial charge in [-0.25, -0.2) is 12.7 Å². The second-order valence-electron chi connectivity index (χ2n) is 3.68. The van der Waals surface area contributed by atoms with Crippen molar-refractivity contribution < 1.29 is 8.42 Å². The Bertz CT molecular complexity index is 316. The van der Waals surface area contributed by atoms with Gasteiger partial charge in [0.2, 0.25) is 10.0 Å². The van der Waals surface area contributed by atoms with Crippen LogP contribution >= 0.6 is 11.6 Å². The lowest BCUT2D eigenvalue weighted by atomic mass is 10.4. The van der Waals surface area contributed by atoms with Crippen LogP contribution in [0.2, 0.25) is 0 Å². The minimum atomic E-state index is -3.03. The van der Waals surface area contributed by atoms with E-state index in [1.807, 2.05) is 6.08 Å². The molecule has 1 aliphatic rings. The monoisotopic (exact) mass is 252 g/mol. The lowest BCUT2D eigenvalue weighted by Gasteiger charge is -2.18. The summed E-state index contributed by atoms with van der Waals surface area (Å²) in [6.45, 7) is 3.69. The number of rotatable bonds is 3. The van der Waals surface area contributed by atoms with Gasteiger partial charge in [-0.3, -0.25) is 4.90 Å². The first-order chi connectivity index (χ1) is 7.04. The zero-order valence-corrected chi connectivity index (χ0v) is 10.5. The summed E-state index contributed by atoms with van der Waals surface area (Å²) in [7, 11) is -3.03. The fraction of sp³-hybridized carbons (Fsp3) is 0.778. The Balaban J connectivity index is 2.49. The molecule has 0 aromatic rings. The van der Waals surface area contributed by atoms with Gasteiger partial charge in [-0.1, -0.05) is 17.7 Å². The highest BCUT2D eigenvalue weighted by molar-refractivity contribution is 7.88. The fourth-order valence-corrected chi connectivity index (χ4v) is 2.60. The van der Waals surface area contributed by atoms with Gasteiger partial charge >= 0.3 is 0 Å². The molecule has 0 N–H and O–H groups in total. The second kappa shape index (κ2) is 5.84. The first-order valence-corrected chi connectivity index (χ1v) is 7.25. The summed E-state index contributed by atoms with van der Waals surface area (Å²) in [6, 6.07) is 0. The number of halogens is 1. The SMILES string of the molecule is CS(=O)(=O)N1CCCN(C/C=C/Cl)CC1. The molecule has 6 heteroatoms. The zero-order valence-electron chi connectivity index (χ0n) is 8.89. The highest BCUT2D eigenvalue weighted by Gasteiger charge is 2.20. The molecule has 0 unspecified atom stereocenters. The zero-order chi connectivity index (χ0) is 11.3. The van der Waals surface area contributed by atoms with Crippen LogP contribution in [0.25, 0.3) is 0 Å². The van der Waals surface area contributed by atoms with Crippen molar-refractivity contribution in [2.75, 3.05) is 39.0 Å². The Morgan fingerprint density at radius 2 is 2.00 bits per heavy atom. The molecular formula is C9H17ClN2O2S. The highest BCUT2D eigenvalue weighted by Crippen LogP contribution is 2.06. The second-order valence-corrected chi connectivity index (χ2v) is 5.91. The standard InChI is InChI=1S/C9H17ClN2O2S/c1-15(13,14)12-7-3-6-11(8-9-12)5-2-4-10/h2,4H,3,5-9H2,1H3/b4-2+. The van der Waals surface area contributed by atoms with Gasteiger partial charge in [-0.2, -0.15) is 0 Å². The van der Waals surface area contributed by atoms with E-state index in [1.165, 1.54) is 16.1 Å². The topological polar surface area (TPSA) is 40.6 Å². The van der Waals surface area contributed by atoms with Crippen LogP contribution in [-0.4, -0.2) is 56.6 Å². The van der Waals surface area contributed by atoms with E-state index in [-0.39, 0.29) is 0 Å². The highest BCUT2D eigenvalue weighted by atomic mass is 35.5. The Hall–Kier alpha value is -0.100. The van der Waals surface area contributed by atoms with Crippen molar-refractivity contribution in [3.05, 3.63) is 11.6 Å². The van der Waals surface area contributed by atoms with Crippen LogP contribution in [0, 0.1) is 0 Å². The molecule has 0 radical (unpaired) electrons. The van der Waals surface area contributed by atoms with E-state index in [9.17, 15) is 8.42 Å². The van der Waals surface area contributed by atoms with Crippen molar-refractivity contribution in [3.63, 3.8) is 0 Å². The molecule has 0 saturated carbocycles. The molecular weight excluding hydrogens is 236 g/mol. The third kappa shape index (κ3) is 4.51. The largest absolute Gasteiger partial charge is 0.298 e. The minimum Gasteiger partial charge on any atom is -0.298 e. The van der Waals surface area contributed by atoms with Crippen molar-refractivity contribution >= 4 is 21.6 Å². The van der Waals surface area contributed by atoms with Crippen LogP contribution in [0.3, 0.4) is 0 Å². The van der Waals surface area contributed by atoms with Gasteiger partial charge in [0.1, 0.15) is 0 Å². The smallest absolute Gasteiger partial charge is 0.211 e. The molecule has 1 fully saturated rings. The van der Waals surface area contributed by atoms with E-state index in [4.69, 9.17) is 11.6 Å². The van der Waals surface area contributed by atoms with Crippen LogP contribution in [0.1, 0.15) is 6.42 Å². The molecule has 4 nitrogen and oxygen atoms in total. The van der Waals surface area contributed by atoms with Crippen molar-refractivity contribution in [2.24, 2.45) is 0 Å². The number of hydrogen-bond acceptors (Lipinski definition) is 3.